The summed E-state index contributed by atoms with van der Waals surface area (Å²) in [7, 11) is -10.3. The lowest BCUT2D eigenvalue weighted by Crippen LogP contribution is -2.54. The number of halogens is 3. The van der Waals surface area contributed by atoms with E-state index in [2.05, 4.69) is 0 Å². The number of alkyl halides is 3. The Kier molecular flexibility index (Phi) is 5.52. The van der Waals surface area contributed by atoms with Gasteiger partial charge in [0.1, 0.15) is 0 Å². The summed E-state index contributed by atoms with van der Waals surface area (Å²) in [5.74, 6) is -0.736. The maximum atomic E-state index is 12.7. The first-order valence-corrected chi connectivity index (χ1v) is 10.4. The lowest BCUT2D eigenvalue weighted by Gasteiger charge is -2.37. The minimum Gasteiger partial charge on any atom is -0.378 e. The van der Waals surface area contributed by atoms with Crippen LogP contribution in [0.2, 0.25) is 0 Å². The highest BCUT2D eigenvalue weighted by Gasteiger charge is 2.55. The van der Waals surface area contributed by atoms with Crippen LogP contribution in [0.15, 0.2) is 0 Å². The van der Waals surface area contributed by atoms with Gasteiger partial charge < -0.3 is 4.74 Å². The summed E-state index contributed by atoms with van der Waals surface area (Å²) in [5.41, 5.74) is -5.66. The molecule has 0 aromatic rings. The third-order valence-electron chi connectivity index (χ3n) is 3.25. The van der Waals surface area contributed by atoms with Crippen molar-refractivity contribution in [2.24, 2.45) is 0 Å². The van der Waals surface area contributed by atoms with Crippen LogP contribution in [0, 0.1) is 0 Å². The lowest BCUT2D eigenvalue weighted by molar-refractivity contribution is -0.0510. The first-order valence-electron chi connectivity index (χ1n) is 6.31. The average Bonchev–Trinajstić information content (AvgIpc) is 2.35. The van der Waals surface area contributed by atoms with Gasteiger partial charge in [0, 0.05) is 16.8 Å². The topological polar surface area (TPSA) is 80.8 Å². The molecule has 0 amide bonds. The fraction of sp³-hybridized carbons (Fsp3) is 1.00. The fourth-order valence-corrected chi connectivity index (χ4v) is 6.51. The van der Waals surface area contributed by atoms with Crippen molar-refractivity contribution in [1.82, 2.24) is 3.71 Å². The predicted octanol–water partition coefficient (Wildman–Crippen LogP) is -0.250. The molecule has 1 aliphatic rings. The van der Waals surface area contributed by atoms with E-state index in [0.29, 0.717) is 12.8 Å². The second-order valence-corrected chi connectivity index (χ2v) is 11.1. The normalized spacial score (nSPS) is 25.4. The molecule has 0 saturated carbocycles. The van der Waals surface area contributed by atoms with Crippen molar-refractivity contribution in [2.45, 2.75) is 36.9 Å². The van der Waals surface area contributed by atoms with E-state index >= 15 is 0 Å². The molecule has 1 fully saturated rings. The molecule has 0 aliphatic carbocycles. The van der Waals surface area contributed by atoms with Gasteiger partial charge in [-0.3, -0.25) is 0 Å². The van der Waals surface area contributed by atoms with Gasteiger partial charge in [0.2, 0.25) is 10.0 Å². The maximum Gasteiger partial charge on any atom is 0.512 e. The molecule has 0 spiro atoms. The summed E-state index contributed by atoms with van der Waals surface area (Å²) >= 11 is 0. The van der Waals surface area contributed by atoms with E-state index in [-0.39, 0.29) is 16.8 Å². The van der Waals surface area contributed by atoms with Crippen LogP contribution in [-0.4, -0.2) is 60.4 Å². The van der Waals surface area contributed by atoms with Crippen molar-refractivity contribution in [3.05, 3.63) is 0 Å². The molecule has 0 aromatic carbocycles. The Morgan fingerprint density at radius 2 is 1.81 bits per heavy atom. The quantitative estimate of drug-likeness (QED) is 0.625. The monoisotopic (exact) mass is 369 g/mol. The van der Waals surface area contributed by atoms with Gasteiger partial charge in [-0.1, -0.05) is 3.71 Å². The molecule has 0 radical (unpaired) electrons. The van der Waals surface area contributed by atoms with Gasteiger partial charge in [-0.05, 0) is 26.2 Å². The first kappa shape index (κ1) is 18.9. The van der Waals surface area contributed by atoms with Crippen LogP contribution in [0.25, 0.3) is 0 Å². The zero-order valence-electron chi connectivity index (χ0n) is 11.7. The number of nitrogens with zero attached hydrogens (tertiary/aromatic N) is 1. The summed E-state index contributed by atoms with van der Waals surface area (Å²) < 4.78 is 89.8. The van der Waals surface area contributed by atoms with Crippen LogP contribution in [0.3, 0.4) is 0 Å². The predicted molar refractivity (Wildman–Crippen MR) is 73.6 cm³/mol. The SMILES string of the molecule is CCS(=O)(=O)N(CC1([SiH3])CCCCO1)S(=O)(=O)C(F)(F)F. The molecular formula is C9H18F3NO5S2Si. The third kappa shape index (κ3) is 4.18. The Labute approximate surface area is 125 Å². The fourth-order valence-electron chi connectivity index (χ4n) is 1.98. The van der Waals surface area contributed by atoms with Crippen molar-refractivity contribution in [1.29, 1.82) is 0 Å². The van der Waals surface area contributed by atoms with Crippen molar-refractivity contribution in [2.75, 3.05) is 18.9 Å². The summed E-state index contributed by atoms with van der Waals surface area (Å²) in [5, 5.41) is -1.11. The lowest BCUT2D eigenvalue weighted by atomic mass is 10.1. The minimum absolute atomic E-state index is 0.225. The van der Waals surface area contributed by atoms with E-state index in [4.69, 9.17) is 4.74 Å². The molecule has 1 saturated heterocycles. The molecule has 1 rings (SSSR count). The molecule has 0 bridgehead atoms. The molecule has 0 N–H and O–H groups in total. The molecule has 12 heteroatoms. The first-order chi connectivity index (χ1) is 9.36. The number of rotatable bonds is 5. The van der Waals surface area contributed by atoms with E-state index in [1.165, 1.54) is 0 Å². The Balaban J connectivity index is 3.23. The second-order valence-electron chi connectivity index (χ2n) is 5.04. The summed E-state index contributed by atoms with van der Waals surface area (Å²) in [6.07, 6.45) is 1.73. The van der Waals surface area contributed by atoms with Crippen molar-refractivity contribution in [3.8, 4) is 0 Å². The largest absolute Gasteiger partial charge is 0.512 e. The van der Waals surface area contributed by atoms with Crippen LogP contribution < -0.4 is 0 Å². The molecule has 6 nitrogen and oxygen atoms in total. The highest BCUT2D eigenvalue weighted by atomic mass is 32.3. The van der Waals surface area contributed by atoms with Crippen LogP contribution in [0.5, 0.6) is 0 Å². The standard InChI is InChI=1S/C9H18F3NO5S2Si/c1-2-19(14,15)13(20(16,17)9(10,11)12)7-8(21)5-3-4-6-18-8/h2-7H2,1,21H3. The van der Waals surface area contributed by atoms with Gasteiger partial charge in [0.15, 0.2) is 0 Å². The van der Waals surface area contributed by atoms with E-state index in [0.717, 1.165) is 13.3 Å². The third-order valence-corrected chi connectivity index (χ3v) is 8.35. The highest BCUT2D eigenvalue weighted by molar-refractivity contribution is 8.04. The number of ether oxygens (including phenoxy) is 1. The van der Waals surface area contributed by atoms with E-state index in [1.807, 2.05) is 0 Å². The van der Waals surface area contributed by atoms with E-state index in [1.54, 1.807) is 0 Å². The summed E-state index contributed by atoms with van der Waals surface area (Å²) in [4.78, 5) is 0. The Morgan fingerprint density at radius 1 is 1.24 bits per heavy atom. The molecule has 1 aliphatic heterocycles. The second kappa shape index (κ2) is 6.14. The Hall–Kier alpha value is -0.173. The van der Waals surface area contributed by atoms with E-state index in [9.17, 15) is 30.0 Å². The van der Waals surface area contributed by atoms with Gasteiger partial charge in [0.25, 0.3) is 0 Å². The van der Waals surface area contributed by atoms with Gasteiger partial charge in [-0.15, -0.1) is 0 Å². The van der Waals surface area contributed by atoms with Crippen LogP contribution in [-0.2, 0) is 24.8 Å². The average molecular weight is 369 g/mol. The molecule has 1 heterocycles. The van der Waals surface area contributed by atoms with Crippen LogP contribution >= 0.6 is 0 Å². The van der Waals surface area contributed by atoms with Crippen molar-refractivity contribution < 1.29 is 34.7 Å². The van der Waals surface area contributed by atoms with Crippen LogP contribution in [0.1, 0.15) is 26.2 Å². The van der Waals surface area contributed by atoms with Gasteiger partial charge in [-0.2, -0.15) is 13.2 Å². The maximum absolute atomic E-state index is 12.7. The van der Waals surface area contributed by atoms with Gasteiger partial charge >= 0.3 is 15.5 Å². The van der Waals surface area contributed by atoms with Gasteiger partial charge in [0.05, 0.1) is 17.5 Å². The van der Waals surface area contributed by atoms with E-state index < -0.39 is 46.8 Å². The number of hydrogen-bond donors (Lipinski definition) is 0. The Bertz CT molecular complexity index is 569. The molecule has 1 atom stereocenters. The molecular weight excluding hydrogens is 351 g/mol. The number of sulfonamides is 2. The summed E-state index contributed by atoms with van der Waals surface area (Å²) in [6, 6.07) is 0. The molecule has 0 aromatic heterocycles. The molecule has 126 valence electrons. The Morgan fingerprint density at radius 3 is 2.19 bits per heavy atom. The summed E-state index contributed by atoms with van der Waals surface area (Å²) in [6.45, 7) is 0.572. The van der Waals surface area contributed by atoms with Gasteiger partial charge in [-0.25, -0.2) is 16.8 Å². The minimum atomic E-state index is -5.96. The molecule has 1 unspecified atom stereocenters. The number of hydrogen-bond acceptors (Lipinski definition) is 5. The van der Waals surface area contributed by atoms with Crippen LogP contribution in [0.4, 0.5) is 13.2 Å². The van der Waals surface area contributed by atoms with Crippen molar-refractivity contribution in [3.63, 3.8) is 0 Å². The molecule has 21 heavy (non-hydrogen) atoms. The smallest absolute Gasteiger partial charge is 0.378 e. The zero-order chi connectivity index (χ0) is 16.5. The van der Waals surface area contributed by atoms with Crippen molar-refractivity contribution >= 4 is 30.3 Å². The highest BCUT2D eigenvalue weighted by Crippen LogP contribution is 2.32. The zero-order valence-corrected chi connectivity index (χ0v) is 15.3.